The van der Waals surface area contributed by atoms with Crippen molar-refractivity contribution in [1.29, 1.82) is 0 Å². The molecule has 0 bridgehead atoms. The average Bonchev–Trinajstić information content (AvgIpc) is 2.51. The van der Waals surface area contributed by atoms with Gasteiger partial charge in [-0.1, -0.05) is 20.8 Å². The smallest absolute Gasteiger partial charge is 0.0158 e. The lowest BCUT2D eigenvalue weighted by Gasteiger charge is -2.17. The van der Waals surface area contributed by atoms with Gasteiger partial charge in [0.15, 0.2) is 0 Å². The first-order valence-electron chi connectivity index (χ1n) is 5.05. The average molecular weight is 187 g/mol. The molecule has 2 heteroatoms. The van der Waals surface area contributed by atoms with Crippen molar-refractivity contribution in [2.75, 3.05) is 12.3 Å². The highest BCUT2D eigenvalue weighted by Gasteiger charge is 2.16. The Balaban J connectivity index is 2.07. The summed E-state index contributed by atoms with van der Waals surface area (Å²) in [6.45, 7) is 8.19. The molecule has 0 spiro atoms. The van der Waals surface area contributed by atoms with Crippen LogP contribution in [0.25, 0.3) is 0 Å². The fourth-order valence-corrected chi connectivity index (χ4v) is 2.56. The molecule has 1 aliphatic heterocycles. The van der Waals surface area contributed by atoms with Gasteiger partial charge in [-0.25, -0.2) is 0 Å². The van der Waals surface area contributed by atoms with Crippen LogP contribution in [0.4, 0.5) is 0 Å². The number of thioether (sulfide) groups is 1. The highest BCUT2D eigenvalue weighted by Crippen LogP contribution is 2.21. The van der Waals surface area contributed by atoms with Crippen molar-refractivity contribution in [2.24, 2.45) is 5.92 Å². The van der Waals surface area contributed by atoms with Gasteiger partial charge in [0.25, 0.3) is 0 Å². The first-order valence-corrected chi connectivity index (χ1v) is 6.10. The molecular weight excluding hydrogens is 166 g/mol. The van der Waals surface area contributed by atoms with E-state index in [4.69, 9.17) is 0 Å². The van der Waals surface area contributed by atoms with Crippen LogP contribution in [0.3, 0.4) is 0 Å². The summed E-state index contributed by atoms with van der Waals surface area (Å²) in [5, 5.41) is 4.34. The Kier molecular flexibility index (Phi) is 4.44. The molecule has 1 saturated heterocycles. The molecule has 1 rings (SSSR count). The minimum Gasteiger partial charge on any atom is -0.313 e. The van der Waals surface area contributed by atoms with E-state index in [2.05, 4.69) is 37.8 Å². The second-order valence-corrected chi connectivity index (χ2v) is 5.49. The van der Waals surface area contributed by atoms with E-state index >= 15 is 0 Å². The highest BCUT2D eigenvalue weighted by atomic mass is 32.2. The van der Waals surface area contributed by atoms with Crippen LogP contribution in [0, 0.1) is 5.92 Å². The summed E-state index contributed by atoms with van der Waals surface area (Å²) < 4.78 is 0. The van der Waals surface area contributed by atoms with Gasteiger partial charge in [0.2, 0.25) is 0 Å². The molecule has 12 heavy (non-hydrogen) atoms. The Morgan fingerprint density at radius 2 is 2.17 bits per heavy atom. The zero-order chi connectivity index (χ0) is 8.97. The molecule has 72 valence electrons. The lowest BCUT2D eigenvalue weighted by atomic mass is 10.2. The summed E-state index contributed by atoms with van der Waals surface area (Å²) in [5.41, 5.74) is 0. The molecule has 1 unspecified atom stereocenters. The fraction of sp³-hybridized carbons (Fsp3) is 1.00. The molecule has 1 aliphatic rings. The van der Waals surface area contributed by atoms with Crippen LogP contribution < -0.4 is 5.32 Å². The zero-order valence-corrected chi connectivity index (χ0v) is 9.29. The van der Waals surface area contributed by atoms with Crippen molar-refractivity contribution in [1.82, 2.24) is 5.32 Å². The topological polar surface area (TPSA) is 12.0 Å². The predicted octanol–water partition coefficient (Wildman–Crippen LogP) is 2.52. The van der Waals surface area contributed by atoms with Crippen LogP contribution in [-0.4, -0.2) is 23.6 Å². The monoisotopic (exact) mass is 187 g/mol. The SMILES string of the molecule is CC(C)C(C)SC[C@H]1CCCN1. The Morgan fingerprint density at radius 1 is 1.42 bits per heavy atom. The maximum atomic E-state index is 3.53. The molecule has 0 radical (unpaired) electrons. The summed E-state index contributed by atoms with van der Waals surface area (Å²) in [4.78, 5) is 0. The summed E-state index contributed by atoms with van der Waals surface area (Å²) in [5.74, 6) is 2.12. The first-order chi connectivity index (χ1) is 5.70. The van der Waals surface area contributed by atoms with Gasteiger partial charge in [-0.2, -0.15) is 11.8 Å². The van der Waals surface area contributed by atoms with Crippen LogP contribution >= 0.6 is 11.8 Å². The van der Waals surface area contributed by atoms with E-state index in [-0.39, 0.29) is 0 Å². The number of rotatable bonds is 4. The van der Waals surface area contributed by atoms with Crippen molar-refractivity contribution in [2.45, 2.75) is 44.9 Å². The van der Waals surface area contributed by atoms with Crippen molar-refractivity contribution < 1.29 is 0 Å². The molecule has 0 amide bonds. The number of nitrogens with one attached hydrogen (secondary N) is 1. The summed E-state index contributed by atoms with van der Waals surface area (Å²) >= 11 is 2.12. The largest absolute Gasteiger partial charge is 0.313 e. The summed E-state index contributed by atoms with van der Waals surface area (Å²) in [7, 11) is 0. The third-order valence-electron chi connectivity index (χ3n) is 2.66. The molecule has 2 atom stereocenters. The Labute approximate surface area is 80.7 Å². The minimum atomic E-state index is 0.802. The molecule has 0 aromatic heterocycles. The lowest BCUT2D eigenvalue weighted by Crippen LogP contribution is -2.25. The van der Waals surface area contributed by atoms with E-state index in [1.807, 2.05) is 0 Å². The molecule has 0 aliphatic carbocycles. The molecule has 1 heterocycles. The van der Waals surface area contributed by atoms with Crippen molar-refractivity contribution in [3.8, 4) is 0 Å². The zero-order valence-electron chi connectivity index (χ0n) is 8.47. The third kappa shape index (κ3) is 3.36. The van der Waals surface area contributed by atoms with Gasteiger partial charge in [0, 0.05) is 17.0 Å². The molecule has 0 saturated carbocycles. The lowest BCUT2D eigenvalue weighted by molar-refractivity contribution is 0.632. The van der Waals surface area contributed by atoms with Crippen LogP contribution in [-0.2, 0) is 0 Å². The number of hydrogen-bond donors (Lipinski definition) is 1. The molecule has 1 nitrogen and oxygen atoms in total. The second kappa shape index (κ2) is 5.13. The van der Waals surface area contributed by atoms with Crippen LogP contribution in [0.15, 0.2) is 0 Å². The van der Waals surface area contributed by atoms with Gasteiger partial charge < -0.3 is 5.32 Å². The molecule has 1 fully saturated rings. The van der Waals surface area contributed by atoms with E-state index in [0.29, 0.717) is 0 Å². The first kappa shape index (κ1) is 10.4. The van der Waals surface area contributed by atoms with E-state index in [1.165, 1.54) is 25.1 Å². The predicted molar refractivity (Wildman–Crippen MR) is 57.8 cm³/mol. The number of hydrogen-bond acceptors (Lipinski definition) is 2. The van der Waals surface area contributed by atoms with Crippen molar-refractivity contribution in [3.05, 3.63) is 0 Å². The minimum absolute atomic E-state index is 0.802. The Hall–Kier alpha value is 0.310. The van der Waals surface area contributed by atoms with Crippen LogP contribution in [0.2, 0.25) is 0 Å². The summed E-state index contributed by atoms with van der Waals surface area (Å²) in [6.07, 6.45) is 2.76. The fourth-order valence-electron chi connectivity index (χ4n) is 1.36. The van der Waals surface area contributed by atoms with Crippen LogP contribution in [0.5, 0.6) is 0 Å². The van der Waals surface area contributed by atoms with Gasteiger partial charge >= 0.3 is 0 Å². The van der Waals surface area contributed by atoms with E-state index in [9.17, 15) is 0 Å². The van der Waals surface area contributed by atoms with E-state index in [0.717, 1.165) is 17.2 Å². The maximum Gasteiger partial charge on any atom is 0.0158 e. The summed E-state index contributed by atoms with van der Waals surface area (Å²) in [6, 6.07) is 0.802. The molecule has 1 N–H and O–H groups in total. The molecular formula is C10H21NS. The molecule has 0 aromatic rings. The Morgan fingerprint density at radius 3 is 2.67 bits per heavy atom. The van der Waals surface area contributed by atoms with Gasteiger partial charge in [-0.3, -0.25) is 0 Å². The third-order valence-corrected chi connectivity index (χ3v) is 4.33. The van der Waals surface area contributed by atoms with Gasteiger partial charge in [-0.15, -0.1) is 0 Å². The van der Waals surface area contributed by atoms with Gasteiger partial charge in [0.1, 0.15) is 0 Å². The quantitative estimate of drug-likeness (QED) is 0.726. The normalized spacial score (nSPS) is 26.5. The van der Waals surface area contributed by atoms with Crippen molar-refractivity contribution in [3.63, 3.8) is 0 Å². The van der Waals surface area contributed by atoms with E-state index in [1.54, 1.807) is 0 Å². The Bertz CT molecular complexity index is 117. The standard InChI is InChI=1S/C10H21NS/c1-8(2)9(3)12-7-10-5-4-6-11-10/h8-11H,4-7H2,1-3H3/t9?,10-/m1/s1. The second-order valence-electron chi connectivity index (χ2n) is 4.08. The highest BCUT2D eigenvalue weighted by molar-refractivity contribution is 7.99. The van der Waals surface area contributed by atoms with Gasteiger partial charge in [-0.05, 0) is 25.3 Å². The van der Waals surface area contributed by atoms with Crippen molar-refractivity contribution >= 4 is 11.8 Å². The van der Waals surface area contributed by atoms with Crippen LogP contribution in [0.1, 0.15) is 33.6 Å². The maximum absolute atomic E-state index is 3.53. The van der Waals surface area contributed by atoms with E-state index < -0.39 is 0 Å². The van der Waals surface area contributed by atoms with Gasteiger partial charge in [0.05, 0.1) is 0 Å². The molecule has 0 aromatic carbocycles.